The molecule has 0 bridgehead atoms. The fraction of sp³-hybridized carbons (Fsp3) is 0.333. The number of amides is 2. The van der Waals surface area contributed by atoms with Gasteiger partial charge in [0.25, 0.3) is 5.91 Å². The van der Waals surface area contributed by atoms with Crippen molar-refractivity contribution in [2.45, 2.75) is 19.4 Å². The van der Waals surface area contributed by atoms with Crippen molar-refractivity contribution in [1.82, 2.24) is 5.32 Å². The second kappa shape index (κ2) is 7.96. The monoisotopic (exact) mass is 343 g/mol. The van der Waals surface area contributed by atoms with E-state index in [0.717, 1.165) is 6.54 Å². The first kappa shape index (κ1) is 17.2. The molecule has 0 radical (unpaired) electrons. The number of hydrogen-bond acceptors (Lipinski definition) is 5. The molecule has 1 saturated heterocycles. The van der Waals surface area contributed by atoms with Crippen molar-refractivity contribution in [2.75, 3.05) is 30.3 Å². The number of benzene rings is 1. The van der Waals surface area contributed by atoms with Crippen LogP contribution in [0.5, 0.6) is 0 Å². The third-order valence-corrected chi connectivity index (χ3v) is 3.81. The van der Waals surface area contributed by atoms with Crippen LogP contribution in [0.2, 0.25) is 0 Å². The highest BCUT2D eigenvalue weighted by Crippen LogP contribution is 2.16. The molecule has 1 aliphatic heterocycles. The van der Waals surface area contributed by atoms with Gasteiger partial charge in [-0.2, -0.15) is 0 Å². The highest BCUT2D eigenvalue weighted by atomic mass is 16.5. The number of nitrogens with one attached hydrogen (secondary N) is 3. The van der Waals surface area contributed by atoms with Gasteiger partial charge >= 0.3 is 0 Å². The van der Waals surface area contributed by atoms with Crippen LogP contribution in [0, 0.1) is 6.92 Å². The predicted octanol–water partition coefficient (Wildman–Crippen LogP) is 2.16. The molecular weight excluding hydrogens is 322 g/mol. The molecule has 0 aliphatic carbocycles. The summed E-state index contributed by atoms with van der Waals surface area (Å²) in [5.74, 6) is 0.528. The van der Waals surface area contributed by atoms with Gasteiger partial charge in [0.05, 0.1) is 19.1 Å². The van der Waals surface area contributed by atoms with Crippen LogP contribution in [0.25, 0.3) is 0 Å². The Kier molecular flexibility index (Phi) is 5.47. The van der Waals surface area contributed by atoms with Crippen molar-refractivity contribution in [3.05, 3.63) is 47.9 Å². The SMILES string of the molecule is Cc1ccc(C(=O)Nc2ccc(NC(=O)C[C@@H]3CNCCO3)cc2)o1. The summed E-state index contributed by atoms with van der Waals surface area (Å²) >= 11 is 0. The maximum atomic E-state index is 12.0. The number of furan rings is 1. The van der Waals surface area contributed by atoms with Gasteiger partial charge in [0.1, 0.15) is 5.76 Å². The molecule has 1 aromatic carbocycles. The second-order valence-corrected chi connectivity index (χ2v) is 5.89. The first-order chi connectivity index (χ1) is 12.1. The first-order valence-corrected chi connectivity index (χ1v) is 8.20. The number of carbonyl (C=O) groups excluding carboxylic acids is 2. The average Bonchev–Trinajstić information content (AvgIpc) is 3.04. The molecule has 2 amide bonds. The number of aryl methyl sites for hydroxylation is 1. The fourth-order valence-corrected chi connectivity index (χ4v) is 2.56. The third-order valence-electron chi connectivity index (χ3n) is 3.81. The molecule has 0 unspecified atom stereocenters. The first-order valence-electron chi connectivity index (χ1n) is 8.20. The van der Waals surface area contributed by atoms with Crippen LogP contribution in [-0.4, -0.2) is 37.6 Å². The summed E-state index contributed by atoms with van der Waals surface area (Å²) in [7, 11) is 0. The lowest BCUT2D eigenvalue weighted by Gasteiger charge is -2.23. The Balaban J connectivity index is 1.51. The Morgan fingerprint density at radius 2 is 1.84 bits per heavy atom. The van der Waals surface area contributed by atoms with Gasteiger partial charge in [-0.3, -0.25) is 9.59 Å². The average molecular weight is 343 g/mol. The molecule has 132 valence electrons. The van der Waals surface area contributed by atoms with E-state index in [2.05, 4.69) is 16.0 Å². The molecule has 1 aliphatic rings. The lowest BCUT2D eigenvalue weighted by molar-refractivity contribution is -0.119. The van der Waals surface area contributed by atoms with Gasteiger partial charge in [-0.05, 0) is 43.3 Å². The van der Waals surface area contributed by atoms with E-state index in [4.69, 9.17) is 9.15 Å². The highest BCUT2D eigenvalue weighted by molar-refractivity contribution is 6.02. The zero-order chi connectivity index (χ0) is 17.6. The Hall–Kier alpha value is -2.64. The number of ether oxygens (including phenoxy) is 1. The van der Waals surface area contributed by atoms with E-state index in [1.54, 1.807) is 43.3 Å². The molecule has 1 atom stereocenters. The number of rotatable bonds is 5. The topological polar surface area (TPSA) is 92.6 Å². The molecule has 1 fully saturated rings. The van der Waals surface area contributed by atoms with E-state index in [9.17, 15) is 9.59 Å². The minimum Gasteiger partial charge on any atom is -0.456 e. The maximum absolute atomic E-state index is 12.0. The van der Waals surface area contributed by atoms with Crippen LogP contribution in [0.3, 0.4) is 0 Å². The summed E-state index contributed by atoms with van der Waals surface area (Å²) in [5, 5.41) is 8.76. The standard InChI is InChI=1S/C18H21N3O4/c1-12-2-7-16(25-12)18(23)21-14-5-3-13(4-6-14)20-17(22)10-15-11-19-8-9-24-15/h2-7,15,19H,8-11H2,1H3,(H,20,22)(H,21,23)/t15-/m1/s1. The normalized spacial score (nSPS) is 17.1. The van der Waals surface area contributed by atoms with Crippen molar-refractivity contribution in [1.29, 1.82) is 0 Å². The molecule has 7 nitrogen and oxygen atoms in total. The molecule has 2 aromatic rings. The zero-order valence-corrected chi connectivity index (χ0v) is 14.0. The number of hydrogen-bond donors (Lipinski definition) is 3. The van der Waals surface area contributed by atoms with Crippen molar-refractivity contribution >= 4 is 23.2 Å². The lowest BCUT2D eigenvalue weighted by atomic mass is 10.2. The molecular formula is C18H21N3O4. The molecule has 2 heterocycles. The van der Waals surface area contributed by atoms with Crippen LogP contribution in [-0.2, 0) is 9.53 Å². The van der Waals surface area contributed by atoms with Gasteiger partial charge in [-0.1, -0.05) is 0 Å². The Morgan fingerprint density at radius 3 is 2.44 bits per heavy atom. The highest BCUT2D eigenvalue weighted by Gasteiger charge is 2.17. The van der Waals surface area contributed by atoms with Crippen LogP contribution in [0.1, 0.15) is 22.7 Å². The van der Waals surface area contributed by atoms with E-state index in [1.165, 1.54) is 0 Å². The van der Waals surface area contributed by atoms with Gasteiger partial charge in [0, 0.05) is 24.5 Å². The summed E-state index contributed by atoms with van der Waals surface area (Å²) in [6, 6.07) is 10.3. The summed E-state index contributed by atoms with van der Waals surface area (Å²) in [5.41, 5.74) is 1.29. The van der Waals surface area contributed by atoms with Crippen molar-refractivity contribution in [2.24, 2.45) is 0 Å². The number of carbonyl (C=O) groups is 2. The number of anilines is 2. The molecule has 7 heteroatoms. The van der Waals surface area contributed by atoms with E-state index in [1.807, 2.05) is 0 Å². The molecule has 3 N–H and O–H groups in total. The maximum Gasteiger partial charge on any atom is 0.291 e. The summed E-state index contributed by atoms with van der Waals surface area (Å²) in [6.07, 6.45) is 0.215. The summed E-state index contributed by atoms with van der Waals surface area (Å²) in [4.78, 5) is 24.0. The van der Waals surface area contributed by atoms with Crippen LogP contribution in [0.4, 0.5) is 11.4 Å². The molecule has 1 aromatic heterocycles. The molecule has 0 spiro atoms. The van der Waals surface area contributed by atoms with Gasteiger partial charge in [0.15, 0.2) is 5.76 Å². The van der Waals surface area contributed by atoms with Gasteiger partial charge in [-0.25, -0.2) is 0 Å². The molecule has 3 rings (SSSR count). The number of morpholine rings is 1. The summed E-state index contributed by atoms with van der Waals surface area (Å²) < 4.78 is 10.8. The Morgan fingerprint density at radius 1 is 1.12 bits per heavy atom. The fourth-order valence-electron chi connectivity index (χ4n) is 2.56. The zero-order valence-electron chi connectivity index (χ0n) is 14.0. The summed E-state index contributed by atoms with van der Waals surface area (Å²) in [6.45, 7) is 3.91. The lowest BCUT2D eigenvalue weighted by Crippen LogP contribution is -2.40. The van der Waals surface area contributed by atoms with E-state index in [-0.39, 0.29) is 23.7 Å². The molecule has 0 saturated carbocycles. The van der Waals surface area contributed by atoms with E-state index < -0.39 is 0 Å². The molecule has 25 heavy (non-hydrogen) atoms. The Bertz CT molecular complexity index is 733. The van der Waals surface area contributed by atoms with E-state index in [0.29, 0.717) is 36.7 Å². The van der Waals surface area contributed by atoms with E-state index >= 15 is 0 Å². The van der Waals surface area contributed by atoms with Crippen molar-refractivity contribution < 1.29 is 18.7 Å². The van der Waals surface area contributed by atoms with Crippen LogP contribution >= 0.6 is 0 Å². The third kappa shape index (κ3) is 4.91. The van der Waals surface area contributed by atoms with Crippen molar-refractivity contribution in [3.63, 3.8) is 0 Å². The van der Waals surface area contributed by atoms with Crippen molar-refractivity contribution in [3.8, 4) is 0 Å². The van der Waals surface area contributed by atoms with Gasteiger partial charge in [0.2, 0.25) is 5.91 Å². The minimum absolute atomic E-state index is 0.0935. The Labute approximate surface area is 145 Å². The minimum atomic E-state index is -0.313. The predicted molar refractivity (Wildman–Crippen MR) is 93.7 cm³/mol. The quantitative estimate of drug-likeness (QED) is 0.774. The largest absolute Gasteiger partial charge is 0.456 e. The van der Waals surface area contributed by atoms with Crippen LogP contribution in [0.15, 0.2) is 40.8 Å². The van der Waals surface area contributed by atoms with Gasteiger partial charge in [-0.15, -0.1) is 0 Å². The van der Waals surface area contributed by atoms with Gasteiger partial charge < -0.3 is 25.1 Å². The second-order valence-electron chi connectivity index (χ2n) is 5.89. The van der Waals surface area contributed by atoms with Crippen LogP contribution < -0.4 is 16.0 Å². The smallest absolute Gasteiger partial charge is 0.291 e.